The molecule has 24 nitrogen and oxygen atoms in total. The van der Waals surface area contributed by atoms with Crippen molar-refractivity contribution in [2.45, 2.75) is 36.6 Å². The highest BCUT2D eigenvalue weighted by molar-refractivity contribution is 7.82. The molecule has 0 heterocycles. The Morgan fingerprint density at radius 1 is 0.278 bits per heavy atom. The average molecular weight is 661 g/mol. The van der Waals surface area contributed by atoms with Gasteiger partial charge in [0.2, 0.25) is 0 Å². The highest BCUT2D eigenvalue weighted by atomic mass is 32.3. The van der Waals surface area contributed by atoms with Crippen LogP contribution in [0.3, 0.4) is 0 Å². The van der Waals surface area contributed by atoms with Crippen molar-refractivity contribution in [1.82, 2.24) is 0 Å². The Labute approximate surface area is 201 Å². The molecule has 1 aliphatic rings. The lowest BCUT2D eigenvalue weighted by molar-refractivity contribution is -0.185. The highest BCUT2D eigenvalue weighted by Crippen LogP contribution is 2.37. The first-order chi connectivity index (χ1) is 15.6. The summed E-state index contributed by atoms with van der Waals surface area (Å²) >= 11 is 0. The summed E-state index contributed by atoms with van der Waals surface area (Å²) in [5.41, 5.74) is 0. The van der Waals surface area contributed by atoms with E-state index < -0.39 is 99.0 Å². The summed E-state index contributed by atoms with van der Waals surface area (Å²) in [6.07, 6.45) is -20.4. The third kappa shape index (κ3) is 12.2. The molecule has 1 saturated carbocycles. The van der Waals surface area contributed by atoms with Gasteiger partial charge in [-0.1, -0.05) is 0 Å². The van der Waals surface area contributed by atoms with E-state index in [1.54, 1.807) is 0 Å². The molecule has 0 aromatic rings. The number of hydrogen-bond acceptors (Lipinski definition) is 18. The minimum atomic E-state index is -6.04. The molecule has 0 aliphatic heterocycles. The lowest BCUT2D eigenvalue weighted by Gasteiger charge is -2.45. The second-order valence-electron chi connectivity index (χ2n) is 5.93. The fourth-order valence-corrected chi connectivity index (χ4v) is 5.62. The van der Waals surface area contributed by atoms with Crippen LogP contribution in [0.5, 0.6) is 0 Å². The summed E-state index contributed by atoms with van der Waals surface area (Å²) in [6.45, 7) is 0. The van der Waals surface area contributed by atoms with Crippen LogP contribution in [0, 0.1) is 0 Å². The molecule has 0 aromatic carbocycles. The fraction of sp³-hybridized carbons (Fsp3) is 1.00. The van der Waals surface area contributed by atoms with Gasteiger partial charge in [-0.15, -0.1) is 0 Å². The zero-order valence-electron chi connectivity index (χ0n) is 15.9. The van der Waals surface area contributed by atoms with Crippen LogP contribution < -0.4 is 0 Å². The van der Waals surface area contributed by atoms with E-state index in [2.05, 4.69) is 25.1 Å². The topological polar surface area (TPSA) is 382 Å². The molecule has 0 aromatic heterocycles. The smallest absolute Gasteiger partial charge is 0.264 e. The molecule has 0 saturated heterocycles. The normalized spacial score (nSPS) is 29.2. The van der Waals surface area contributed by atoms with E-state index in [-0.39, 0.29) is 0 Å². The predicted octanol–water partition coefficient (Wildman–Crippen LogP) is -4.87. The molecule has 36 heavy (non-hydrogen) atoms. The minimum absolute atomic E-state index is 3.40. The van der Waals surface area contributed by atoms with Gasteiger partial charge in [0.25, 0.3) is 0 Å². The molecule has 0 radical (unpaired) electrons. The number of hydrogen-bond donors (Lipinski definition) is 6. The Hall–Kier alpha value is -0.780. The molecule has 0 amide bonds. The van der Waals surface area contributed by atoms with Crippen LogP contribution in [0.4, 0.5) is 0 Å². The summed E-state index contributed by atoms with van der Waals surface area (Å²) in [6, 6.07) is 0. The number of rotatable bonds is 12. The van der Waals surface area contributed by atoms with Gasteiger partial charge in [-0.2, -0.15) is 50.5 Å². The van der Waals surface area contributed by atoms with Crippen LogP contribution >= 0.6 is 0 Å². The monoisotopic (exact) mass is 660 g/mol. The van der Waals surface area contributed by atoms with E-state index in [4.69, 9.17) is 27.3 Å². The second kappa shape index (κ2) is 10.8. The Morgan fingerprint density at radius 2 is 0.361 bits per heavy atom. The van der Waals surface area contributed by atoms with E-state index in [0.717, 1.165) is 0 Å². The molecule has 0 atom stereocenters. The molecular formula is C6H12O24S6. The van der Waals surface area contributed by atoms with Crippen molar-refractivity contribution in [3.8, 4) is 0 Å². The maximum Gasteiger partial charge on any atom is 0.397 e. The van der Waals surface area contributed by atoms with Gasteiger partial charge in [-0.3, -0.25) is 27.3 Å². The molecule has 1 rings (SSSR count). The Balaban J connectivity index is 4.15. The van der Waals surface area contributed by atoms with Gasteiger partial charge in [-0.05, 0) is 0 Å². The quantitative estimate of drug-likeness (QED) is 0.107. The Morgan fingerprint density at radius 3 is 0.417 bits per heavy atom. The first-order valence-corrected chi connectivity index (χ1v) is 15.7. The summed E-state index contributed by atoms with van der Waals surface area (Å²) in [5.74, 6) is 0. The van der Waals surface area contributed by atoms with Crippen molar-refractivity contribution in [3.63, 3.8) is 0 Å². The van der Waals surface area contributed by atoms with Gasteiger partial charge >= 0.3 is 62.4 Å². The summed E-state index contributed by atoms with van der Waals surface area (Å²) in [5, 5.41) is 0. The highest BCUT2D eigenvalue weighted by Gasteiger charge is 2.62. The second-order valence-corrected chi connectivity index (χ2v) is 12.2. The third-order valence-electron chi connectivity index (χ3n) is 3.34. The van der Waals surface area contributed by atoms with Gasteiger partial charge in [0.1, 0.15) is 36.6 Å². The first kappa shape index (κ1) is 33.2. The van der Waals surface area contributed by atoms with Crippen molar-refractivity contribution >= 4 is 62.4 Å². The maximum atomic E-state index is 11.2. The molecule has 1 aliphatic carbocycles. The molecule has 0 unspecified atom stereocenters. The van der Waals surface area contributed by atoms with Crippen molar-refractivity contribution in [3.05, 3.63) is 0 Å². The zero-order valence-corrected chi connectivity index (χ0v) is 20.8. The molecule has 1 fully saturated rings. The lowest BCUT2D eigenvalue weighted by Crippen LogP contribution is -2.69. The minimum Gasteiger partial charge on any atom is -0.264 e. The Bertz CT molecular complexity index is 1140. The van der Waals surface area contributed by atoms with E-state index in [0.29, 0.717) is 0 Å². The van der Waals surface area contributed by atoms with Gasteiger partial charge in [0.15, 0.2) is 0 Å². The fourth-order valence-electron chi connectivity index (χ4n) is 2.62. The van der Waals surface area contributed by atoms with Gasteiger partial charge in [0, 0.05) is 0 Å². The van der Waals surface area contributed by atoms with Crippen molar-refractivity contribution in [2.24, 2.45) is 0 Å². The van der Waals surface area contributed by atoms with Crippen molar-refractivity contribution in [2.75, 3.05) is 0 Å². The van der Waals surface area contributed by atoms with Crippen LogP contribution in [0.2, 0.25) is 0 Å². The van der Waals surface area contributed by atoms with Gasteiger partial charge in [-0.25, -0.2) is 25.1 Å². The Kier molecular flexibility index (Phi) is 9.95. The summed E-state index contributed by atoms with van der Waals surface area (Å²) in [7, 11) is -36.3. The average Bonchev–Trinajstić information content (AvgIpc) is 2.51. The van der Waals surface area contributed by atoms with Crippen LogP contribution in [0.1, 0.15) is 0 Å². The largest absolute Gasteiger partial charge is 0.397 e. The standard InChI is InChI=1S/C6H12O24S6/c7-31(8,9)25-1-2(26-32(10,11)12)4(28-34(16,17)18)6(30-36(22,23)24)5(29-35(19,20)21)3(1)27-33(13,14)15/h1-6H,(H,7,8,9)(H,10,11,12)(H,13,14,15)(H,16,17,18)(H,19,20,21)(H,22,23,24)/t1-,2-,3-,4-,5-,6+. The lowest BCUT2D eigenvalue weighted by atomic mass is 9.85. The van der Waals surface area contributed by atoms with Gasteiger partial charge in [0.05, 0.1) is 0 Å². The van der Waals surface area contributed by atoms with E-state index in [9.17, 15) is 50.5 Å². The maximum absolute atomic E-state index is 11.2. The van der Waals surface area contributed by atoms with Crippen LogP contribution in [-0.2, 0) is 87.5 Å². The van der Waals surface area contributed by atoms with E-state index in [1.165, 1.54) is 0 Å². The molecule has 216 valence electrons. The molecule has 0 spiro atoms. The van der Waals surface area contributed by atoms with E-state index in [1.807, 2.05) is 0 Å². The van der Waals surface area contributed by atoms with Crippen molar-refractivity contribution in [1.29, 1.82) is 0 Å². The summed E-state index contributed by atoms with van der Waals surface area (Å²) in [4.78, 5) is 0. The van der Waals surface area contributed by atoms with Crippen LogP contribution in [0.25, 0.3) is 0 Å². The van der Waals surface area contributed by atoms with Crippen LogP contribution in [-0.4, -0.2) is 114 Å². The molecule has 30 heteroatoms. The predicted molar refractivity (Wildman–Crippen MR) is 98.5 cm³/mol. The van der Waals surface area contributed by atoms with Gasteiger partial charge < -0.3 is 0 Å². The third-order valence-corrected chi connectivity index (χ3v) is 6.13. The molecule has 6 N–H and O–H groups in total. The van der Waals surface area contributed by atoms with Crippen molar-refractivity contribution < 1.29 is 103 Å². The zero-order chi connectivity index (χ0) is 28.7. The molecular weight excluding hydrogens is 648 g/mol. The van der Waals surface area contributed by atoms with Crippen LogP contribution in [0.15, 0.2) is 0 Å². The van der Waals surface area contributed by atoms with E-state index >= 15 is 0 Å². The first-order valence-electron chi connectivity index (χ1n) is 7.51. The molecule has 0 bridgehead atoms. The summed E-state index contributed by atoms with van der Waals surface area (Å²) < 4.78 is 211. The SMILES string of the molecule is O=S(=O)(O)O[C@H]1[C@H](OS(=O)(=O)O)[C@H](OS(=O)(=O)O)[C@@H](OS(=O)(=O)O)[C@@H](OS(=O)(=O)O)[C@H]1OS(=O)(=O)O.